The molecule has 4 aliphatic carbocycles. The highest BCUT2D eigenvalue weighted by Crippen LogP contribution is 2.70. The molecule has 0 radical (unpaired) electrons. The molecule has 0 unspecified atom stereocenters. The van der Waals surface area contributed by atoms with E-state index in [9.17, 15) is 14.7 Å². The number of aliphatic hydroxyl groups is 1. The van der Waals surface area contributed by atoms with Gasteiger partial charge >= 0.3 is 11.7 Å². The number of amides is 1. The van der Waals surface area contributed by atoms with Crippen molar-refractivity contribution in [3.05, 3.63) is 34.4 Å². The number of nitrogens with one attached hydrogen (secondary N) is 1. The fourth-order valence-electron chi connectivity index (χ4n) is 9.62. The largest absolute Gasteiger partial charge is 0.446 e. The predicted octanol–water partition coefficient (Wildman–Crippen LogP) is 5.71. The van der Waals surface area contributed by atoms with Gasteiger partial charge in [0.25, 0.3) is 0 Å². The second-order valence-electron chi connectivity index (χ2n) is 13.5. The van der Waals surface area contributed by atoms with Crippen LogP contribution < -0.4 is 10.9 Å². The van der Waals surface area contributed by atoms with Crippen molar-refractivity contribution >= 4 is 6.09 Å². The highest BCUT2D eigenvalue weighted by Gasteiger charge is 2.67. The molecule has 1 heterocycles. The molecule has 218 valence electrons. The van der Waals surface area contributed by atoms with Crippen molar-refractivity contribution in [2.75, 3.05) is 26.2 Å². The third kappa shape index (κ3) is 5.07. The third-order valence-corrected chi connectivity index (χ3v) is 12.0. The van der Waals surface area contributed by atoms with Gasteiger partial charge in [0.05, 0.1) is 11.9 Å². The molecule has 7 heteroatoms. The molecule has 2 N–H and O–H groups in total. The van der Waals surface area contributed by atoms with E-state index in [2.05, 4.69) is 37.9 Å². The van der Waals surface area contributed by atoms with Crippen LogP contribution in [0.2, 0.25) is 0 Å². The minimum atomic E-state index is -0.691. The van der Waals surface area contributed by atoms with Gasteiger partial charge in [-0.2, -0.15) is 0 Å². The van der Waals surface area contributed by atoms with Gasteiger partial charge in [-0.25, -0.2) is 9.59 Å². The summed E-state index contributed by atoms with van der Waals surface area (Å²) >= 11 is 0. The summed E-state index contributed by atoms with van der Waals surface area (Å²) in [4.78, 5) is 26.4. The van der Waals surface area contributed by atoms with E-state index in [0.717, 1.165) is 89.4 Å². The summed E-state index contributed by atoms with van der Waals surface area (Å²) in [6.07, 6.45) is 11.2. The van der Waals surface area contributed by atoms with Crippen LogP contribution in [-0.4, -0.2) is 54.0 Å². The molecule has 1 aromatic rings. The van der Waals surface area contributed by atoms with Crippen molar-refractivity contribution in [2.24, 2.45) is 28.6 Å². The average molecular weight is 543 g/mol. The Morgan fingerprint density at radius 1 is 1.08 bits per heavy atom. The van der Waals surface area contributed by atoms with Crippen LogP contribution in [0.15, 0.2) is 27.6 Å². The van der Waals surface area contributed by atoms with E-state index in [1.807, 2.05) is 6.07 Å². The van der Waals surface area contributed by atoms with Gasteiger partial charge in [0.1, 0.15) is 6.10 Å². The topological polar surface area (TPSA) is 92.0 Å². The molecule has 4 saturated carbocycles. The lowest BCUT2D eigenvalue weighted by molar-refractivity contribution is -0.205. The number of hydrogen-bond donors (Lipinski definition) is 2. The first-order chi connectivity index (χ1) is 18.6. The van der Waals surface area contributed by atoms with Gasteiger partial charge < -0.3 is 24.5 Å². The quantitative estimate of drug-likeness (QED) is 0.409. The molecule has 8 atom stereocenters. The van der Waals surface area contributed by atoms with Crippen molar-refractivity contribution in [2.45, 2.75) is 110 Å². The van der Waals surface area contributed by atoms with Crippen molar-refractivity contribution in [1.29, 1.82) is 0 Å². The Bertz CT molecular complexity index is 1050. The number of rotatable bonds is 8. The molecule has 0 aromatic carbocycles. The summed E-state index contributed by atoms with van der Waals surface area (Å²) < 4.78 is 11.1. The van der Waals surface area contributed by atoms with E-state index in [-0.39, 0.29) is 34.6 Å². The number of hydrogen-bond acceptors (Lipinski definition) is 6. The first kappa shape index (κ1) is 28.7. The summed E-state index contributed by atoms with van der Waals surface area (Å²) in [5.74, 6) is 1.54. The maximum absolute atomic E-state index is 12.5. The number of nitrogens with zero attached hydrogens (tertiary/aromatic N) is 1. The predicted molar refractivity (Wildman–Crippen MR) is 152 cm³/mol. The second kappa shape index (κ2) is 11.2. The zero-order valence-corrected chi connectivity index (χ0v) is 24.5. The van der Waals surface area contributed by atoms with Crippen LogP contribution in [0.25, 0.3) is 0 Å². The zero-order chi connectivity index (χ0) is 27.8. The van der Waals surface area contributed by atoms with E-state index in [0.29, 0.717) is 24.3 Å². The number of ether oxygens (including phenoxy) is 1. The summed E-state index contributed by atoms with van der Waals surface area (Å²) in [5.41, 5.74) is 0.0108. The van der Waals surface area contributed by atoms with Gasteiger partial charge in [-0.3, -0.25) is 0 Å². The van der Waals surface area contributed by atoms with Gasteiger partial charge in [-0.1, -0.05) is 27.7 Å². The van der Waals surface area contributed by atoms with Gasteiger partial charge in [0.15, 0.2) is 0 Å². The standard InChI is InChI=1S/C32H50N2O5/c1-5-34(6-2)19-7-18-33-29(36)39-24-12-15-30(3)23(20-24)9-10-27-26(30)13-16-31(4)25(14-17-32(27,31)37)22-8-11-28(35)38-21-22/h8,11,21,23-27,37H,5-7,9-10,12-20H2,1-4H3,(H,33,36)/t23-,24+,25-,26+,27-,30+,31-,32+/m1/s1. The number of carbonyl (C=O) groups excluding carboxylic acids is 1. The Kier molecular flexibility index (Phi) is 8.23. The number of fused-ring (bicyclic) bond motifs is 5. The van der Waals surface area contributed by atoms with Crippen molar-refractivity contribution in [3.8, 4) is 0 Å². The maximum atomic E-state index is 12.5. The fraction of sp³-hybridized carbons (Fsp3) is 0.812. The Labute approximate surface area is 234 Å². The van der Waals surface area contributed by atoms with E-state index in [4.69, 9.17) is 9.15 Å². The Morgan fingerprint density at radius 2 is 1.87 bits per heavy atom. The summed E-state index contributed by atoms with van der Waals surface area (Å²) in [7, 11) is 0. The van der Waals surface area contributed by atoms with Crippen molar-refractivity contribution in [3.63, 3.8) is 0 Å². The molecule has 5 rings (SSSR count). The van der Waals surface area contributed by atoms with Crippen LogP contribution in [0.4, 0.5) is 4.79 Å². The zero-order valence-electron chi connectivity index (χ0n) is 24.5. The third-order valence-electron chi connectivity index (χ3n) is 12.0. The van der Waals surface area contributed by atoms with Gasteiger partial charge in [0.2, 0.25) is 0 Å². The molecular formula is C32H50N2O5. The first-order valence-corrected chi connectivity index (χ1v) is 15.6. The highest BCUT2D eigenvalue weighted by atomic mass is 16.6. The maximum Gasteiger partial charge on any atom is 0.407 e. The molecule has 0 spiro atoms. The molecular weight excluding hydrogens is 492 g/mol. The SMILES string of the molecule is CCN(CC)CCCNC(=O)O[C@H]1CC[C@@]2(C)[C@H](CC[C@@H]3[C@@H]2CC[C@]2(C)[C@@H](c4ccc(=O)oc4)CC[C@]32O)C1. The van der Waals surface area contributed by atoms with Crippen LogP contribution in [0.5, 0.6) is 0 Å². The summed E-state index contributed by atoms with van der Waals surface area (Å²) in [5, 5.41) is 15.4. The normalized spacial score (nSPS) is 39.5. The van der Waals surface area contributed by atoms with E-state index < -0.39 is 5.60 Å². The smallest absolute Gasteiger partial charge is 0.407 e. The molecule has 39 heavy (non-hydrogen) atoms. The van der Waals surface area contributed by atoms with Crippen molar-refractivity contribution < 1.29 is 19.1 Å². The molecule has 0 bridgehead atoms. The molecule has 1 aromatic heterocycles. The Balaban J connectivity index is 1.20. The monoisotopic (exact) mass is 542 g/mol. The molecule has 4 fully saturated rings. The average Bonchev–Trinajstić information content (AvgIpc) is 3.20. The lowest BCUT2D eigenvalue weighted by Gasteiger charge is -2.63. The van der Waals surface area contributed by atoms with E-state index >= 15 is 0 Å². The van der Waals surface area contributed by atoms with Crippen LogP contribution in [-0.2, 0) is 4.74 Å². The highest BCUT2D eigenvalue weighted by molar-refractivity contribution is 5.67. The lowest BCUT2D eigenvalue weighted by Crippen LogP contribution is -2.62. The van der Waals surface area contributed by atoms with Crippen LogP contribution in [0.3, 0.4) is 0 Å². The lowest BCUT2D eigenvalue weighted by atomic mass is 9.43. The number of alkyl carbamates (subject to hydrolysis) is 1. The van der Waals surface area contributed by atoms with Crippen molar-refractivity contribution in [1.82, 2.24) is 10.2 Å². The van der Waals surface area contributed by atoms with Crippen LogP contribution in [0.1, 0.15) is 103 Å². The Hall–Kier alpha value is -1.86. The minimum Gasteiger partial charge on any atom is -0.446 e. The van der Waals surface area contributed by atoms with Crippen LogP contribution >= 0.6 is 0 Å². The number of carbonyl (C=O) groups is 1. The molecule has 7 nitrogen and oxygen atoms in total. The summed E-state index contributed by atoms with van der Waals surface area (Å²) in [6, 6.07) is 3.42. The minimum absolute atomic E-state index is 0.0112. The molecule has 0 aliphatic heterocycles. The second-order valence-corrected chi connectivity index (χ2v) is 13.5. The van der Waals surface area contributed by atoms with Crippen LogP contribution in [0, 0.1) is 28.6 Å². The molecule has 0 saturated heterocycles. The van der Waals surface area contributed by atoms with E-state index in [1.54, 1.807) is 6.26 Å². The molecule has 1 amide bonds. The molecule has 4 aliphatic rings. The first-order valence-electron chi connectivity index (χ1n) is 15.6. The van der Waals surface area contributed by atoms with Gasteiger partial charge in [0, 0.05) is 18.0 Å². The van der Waals surface area contributed by atoms with Gasteiger partial charge in [-0.05, 0) is 125 Å². The summed E-state index contributed by atoms with van der Waals surface area (Å²) in [6.45, 7) is 12.8. The van der Waals surface area contributed by atoms with E-state index in [1.165, 1.54) is 6.07 Å². The Morgan fingerprint density at radius 3 is 2.59 bits per heavy atom. The fourth-order valence-corrected chi connectivity index (χ4v) is 9.62. The van der Waals surface area contributed by atoms with Gasteiger partial charge in [-0.15, -0.1) is 0 Å².